The largest absolute Gasteiger partial charge is 0.359 e. The molecule has 2 heterocycles. The number of carbonyl (C=O) groups excluding carboxylic acids is 2. The van der Waals surface area contributed by atoms with Crippen LogP contribution in [0.15, 0.2) is 59.1 Å². The van der Waals surface area contributed by atoms with Crippen molar-refractivity contribution in [2.45, 2.75) is 33.1 Å². The van der Waals surface area contributed by atoms with Crippen LogP contribution in [0.1, 0.15) is 41.9 Å². The van der Waals surface area contributed by atoms with Crippen molar-refractivity contribution in [1.82, 2.24) is 10.1 Å². The van der Waals surface area contributed by atoms with Gasteiger partial charge in [0.25, 0.3) is 5.91 Å². The monoisotopic (exact) mass is 509 g/mol. The van der Waals surface area contributed by atoms with Gasteiger partial charge in [-0.3, -0.25) is 10.1 Å². The number of amides is 3. The number of anilines is 3. The minimum absolute atomic E-state index is 0.210. The molecule has 180 valence electrons. The Morgan fingerprint density at radius 2 is 1.57 bits per heavy atom. The fourth-order valence-electron chi connectivity index (χ4n) is 3.11. The number of rotatable bonds is 5. The topological polar surface area (TPSA) is 109 Å². The Morgan fingerprint density at radius 1 is 0.943 bits per heavy atom. The van der Waals surface area contributed by atoms with Crippen LogP contribution in [0.2, 0.25) is 5.02 Å². The predicted octanol–water partition coefficient (Wildman–Crippen LogP) is 6.95. The summed E-state index contributed by atoms with van der Waals surface area (Å²) >= 11 is 7.27. The number of aromatic nitrogens is 2. The quantitative estimate of drug-likeness (QED) is 0.269. The van der Waals surface area contributed by atoms with Crippen LogP contribution >= 0.6 is 22.9 Å². The summed E-state index contributed by atoms with van der Waals surface area (Å²) in [5, 5.41) is 13.5. The van der Waals surface area contributed by atoms with E-state index in [4.69, 9.17) is 16.1 Å². The molecule has 35 heavy (non-hydrogen) atoms. The molecule has 0 unspecified atom stereocenters. The van der Waals surface area contributed by atoms with Crippen LogP contribution in [0.3, 0.4) is 0 Å². The average molecular weight is 510 g/mol. The van der Waals surface area contributed by atoms with Gasteiger partial charge in [0.05, 0.1) is 5.69 Å². The second kappa shape index (κ2) is 9.89. The molecule has 8 nitrogen and oxygen atoms in total. The molecule has 2 aromatic heterocycles. The van der Waals surface area contributed by atoms with Crippen LogP contribution in [0.4, 0.5) is 22.0 Å². The van der Waals surface area contributed by atoms with Crippen molar-refractivity contribution < 1.29 is 14.1 Å². The van der Waals surface area contributed by atoms with Crippen LogP contribution in [-0.2, 0) is 5.41 Å². The van der Waals surface area contributed by atoms with Crippen molar-refractivity contribution in [1.29, 1.82) is 0 Å². The number of aryl methyl sites for hydroxylation is 1. The van der Waals surface area contributed by atoms with Gasteiger partial charge in [0.1, 0.15) is 15.6 Å². The Kier molecular flexibility index (Phi) is 6.90. The molecule has 0 aliphatic carbocycles. The summed E-state index contributed by atoms with van der Waals surface area (Å²) in [5.74, 6) is 0.748. The van der Waals surface area contributed by atoms with Crippen LogP contribution in [0, 0.1) is 6.92 Å². The molecular weight excluding hydrogens is 486 g/mol. The summed E-state index contributed by atoms with van der Waals surface area (Å²) in [5.41, 5.74) is 2.48. The number of hydrogen-bond donors (Lipinski definition) is 3. The second-order valence-electron chi connectivity index (χ2n) is 8.88. The van der Waals surface area contributed by atoms with Crippen LogP contribution < -0.4 is 16.0 Å². The summed E-state index contributed by atoms with van der Waals surface area (Å²) in [6.07, 6.45) is 0. The average Bonchev–Trinajstić information content (AvgIpc) is 3.42. The van der Waals surface area contributed by atoms with Gasteiger partial charge >= 0.3 is 6.03 Å². The first-order valence-electron chi connectivity index (χ1n) is 10.8. The Bertz CT molecular complexity index is 1360. The lowest BCUT2D eigenvalue weighted by molar-refractivity contribution is 0.102. The Labute approximate surface area is 211 Å². The molecular formula is C25H24ClN5O3S. The standard InChI is InChI=1S/C25H24ClN5O3S/c1-14-21(35-23(27-14)15-5-7-16(26)8-6-15)22(32)28-17-9-11-18(12-10-17)29-24(33)30-20-13-19(34-31-20)25(2,3)4/h5-13H,1-4H3,(H,28,32)(H2,29,30,31,33). The van der Waals surface area contributed by atoms with Crippen molar-refractivity contribution in [3.63, 3.8) is 0 Å². The first-order valence-corrected chi connectivity index (χ1v) is 12.0. The molecule has 3 N–H and O–H groups in total. The molecule has 4 rings (SSSR count). The fourth-order valence-corrected chi connectivity index (χ4v) is 4.21. The van der Waals surface area contributed by atoms with E-state index in [0.717, 1.165) is 10.6 Å². The van der Waals surface area contributed by atoms with E-state index < -0.39 is 6.03 Å². The SMILES string of the molecule is Cc1nc(-c2ccc(Cl)cc2)sc1C(=O)Nc1ccc(NC(=O)Nc2cc(C(C)(C)C)on2)cc1. The highest BCUT2D eigenvalue weighted by Crippen LogP contribution is 2.29. The van der Waals surface area contributed by atoms with Crippen LogP contribution in [0.25, 0.3) is 10.6 Å². The fraction of sp³-hybridized carbons (Fsp3) is 0.200. The zero-order valence-corrected chi connectivity index (χ0v) is 21.2. The van der Waals surface area contributed by atoms with Crippen molar-refractivity contribution in [3.8, 4) is 10.6 Å². The zero-order valence-electron chi connectivity index (χ0n) is 19.6. The van der Waals surface area contributed by atoms with E-state index in [1.165, 1.54) is 11.3 Å². The minimum atomic E-state index is -0.453. The molecule has 3 amide bonds. The number of urea groups is 1. The number of nitrogens with one attached hydrogen (secondary N) is 3. The highest BCUT2D eigenvalue weighted by Gasteiger charge is 2.20. The van der Waals surface area contributed by atoms with E-state index in [-0.39, 0.29) is 11.3 Å². The smallest absolute Gasteiger partial charge is 0.324 e. The van der Waals surface area contributed by atoms with Crippen LogP contribution in [-0.4, -0.2) is 22.1 Å². The highest BCUT2D eigenvalue weighted by atomic mass is 35.5. The number of thiazole rings is 1. The number of nitrogens with zero attached hydrogens (tertiary/aromatic N) is 2. The van der Waals surface area contributed by atoms with Gasteiger partial charge in [0.15, 0.2) is 5.82 Å². The van der Waals surface area contributed by atoms with Crippen molar-refractivity contribution >= 4 is 52.1 Å². The molecule has 0 aliphatic heterocycles. The minimum Gasteiger partial charge on any atom is -0.359 e. The lowest BCUT2D eigenvalue weighted by Crippen LogP contribution is -2.19. The summed E-state index contributed by atoms with van der Waals surface area (Å²) in [6, 6.07) is 15.4. The molecule has 0 bridgehead atoms. The van der Waals surface area contributed by atoms with E-state index in [9.17, 15) is 9.59 Å². The highest BCUT2D eigenvalue weighted by molar-refractivity contribution is 7.17. The number of benzene rings is 2. The van der Waals surface area contributed by atoms with Gasteiger partial charge in [-0.15, -0.1) is 11.3 Å². The maximum atomic E-state index is 12.8. The lowest BCUT2D eigenvalue weighted by atomic mass is 9.93. The maximum Gasteiger partial charge on any atom is 0.324 e. The third kappa shape index (κ3) is 6.06. The van der Waals surface area contributed by atoms with Crippen molar-refractivity contribution in [3.05, 3.63) is 76.0 Å². The number of halogens is 1. The zero-order chi connectivity index (χ0) is 25.2. The summed E-state index contributed by atoms with van der Waals surface area (Å²) in [7, 11) is 0. The summed E-state index contributed by atoms with van der Waals surface area (Å²) in [4.78, 5) is 30.1. The second-order valence-corrected chi connectivity index (χ2v) is 10.3. The van der Waals surface area contributed by atoms with Crippen molar-refractivity contribution in [2.24, 2.45) is 0 Å². The molecule has 0 spiro atoms. The van der Waals surface area contributed by atoms with Gasteiger partial charge in [-0.1, -0.05) is 49.7 Å². The maximum absolute atomic E-state index is 12.8. The number of carbonyl (C=O) groups is 2. The Hall–Kier alpha value is -3.69. The van der Waals surface area contributed by atoms with Gasteiger partial charge in [-0.2, -0.15) is 0 Å². The molecule has 2 aromatic carbocycles. The van der Waals surface area contributed by atoms with Gasteiger partial charge in [-0.05, 0) is 43.3 Å². The van der Waals surface area contributed by atoms with E-state index in [1.54, 1.807) is 49.4 Å². The van der Waals surface area contributed by atoms with Crippen LogP contribution in [0.5, 0.6) is 0 Å². The van der Waals surface area contributed by atoms with E-state index >= 15 is 0 Å². The Balaban J connectivity index is 1.36. The number of hydrogen-bond acceptors (Lipinski definition) is 6. The molecule has 0 aliphatic rings. The normalized spacial score (nSPS) is 11.2. The molecule has 4 aromatic rings. The predicted molar refractivity (Wildman–Crippen MR) is 140 cm³/mol. The summed E-state index contributed by atoms with van der Waals surface area (Å²) in [6.45, 7) is 7.78. The molecule has 0 atom stereocenters. The lowest BCUT2D eigenvalue weighted by Gasteiger charge is -2.12. The molecule has 0 radical (unpaired) electrons. The van der Waals surface area contributed by atoms with E-state index in [0.29, 0.717) is 38.5 Å². The summed E-state index contributed by atoms with van der Waals surface area (Å²) < 4.78 is 5.27. The molecule has 10 heteroatoms. The molecule has 0 saturated carbocycles. The van der Waals surface area contributed by atoms with E-state index in [2.05, 4.69) is 26.1 Å². The van der Waals surface area contributed by atoms with Gasteiger partial charge in [0, 0.05) is 33.4 Å². The molecule has 0 saturated heterocycles. The Morgan fingerprint density at radius 3 is 2.17 bits per heavy atom. The third-order valence-electron chi connectivity index (χ3n) is 4.99. The third-order valence-corrected chi connectivity index (χ3v) is 6.44. The van der Waals surface area contributed by atoms with Crippen molar-refractivity contribution in [2.75, 3.05) is 16.0 Å². The van der Waals surface area contributed by atoms with Gasteiger partial charge in [-0.25, -0.2) is 9.78 Å². The first kappa shape index (κ1) is 24.4. The van der Waals surface area contributed by atoms with E-state index in [1.807, 2.05) is 32.9 Å². The van der Waals surface area contributed by atoms with Gasteiger partial charge in [0.2, 0.25) is 0 Å². The first-order chi connectivity index (χ1) is 16.6. The molecule has 0 fully saturated rings. The van der Waals surface area contributed by atoms with Gasteiger partial charge < -0.3 is 15.2 Å².